The van der Waals surface area contributed by atoms with Gasteiger partial charge in [-0.25, -0.2) is 9.18 Å². The summed E-state index contributed by atoms with van der Waals surface area (Å²) in [6.45, 7) is 0. The van der Waals surface area contributed by atoms with E-state index in [1.54, 1.807) is 47.4 Å². The maximum Gasteiger partial charge on any atom is 0.339 e. The molecule has 0 N–H and O–H groups in total. The Hall–Kier alpha value is -2.60. The smallest absolute Gasteiger partial charge is 0.339 e. The Morgan fingerprint density at radius 3 is 2.78 bits per heavy atom. The van der Waals surface area contributed by atoms with Crippen LogP contribution in [-0.4, -0.2) is 22.6 Å². The average molecular weight is 328 g/mol. The molecule has 0 aliphatic heterocycles. The average Bonchev–Trinajstić information content (AvgIpc) is 2.99. The first kappa shape index (κ1) is 15.3. The fourth-order valence-corrected chi connectivity index (χ4v) is 3.05. The molecule has 0 unspecified atom stereocenters. The van der Waals surface area contributed by atoms with Crippen LogP contribution in [0.15, 0.2) is 71.0 Å². The van der Waals surface area contributed by atoms with E-state index >= 15 is 0 Å². The third-order valence-electron chi connectivity index (χ3n) is 3.17. The zero-order valence-corrected chi connectivity index (χ0v) is 13.1. The second kappa shape index (κ2) is 6.66. The van der Waals surface area contributed by atoms with Gasteiger partial charge in [0.2, 0.25) is 0 Å². The van der Waals surface area contributed by atoms with E-state index < -0.39 is 5.97 Å². The van der Waals surface area contributed by atoms with Gasteiger partial charge in [0.15, 0.2) is 0 Å². The first-order valence-electron chi connectivity index (χ1n) is 6.82. The first-order valence-corrected chi connectivity index (χ1v) is 7.64. The van der Waals surface area contributed by atoms with E-state index in [4.69, 9.17) is 4.74 Å². The summed E-state index contributed by atoms with van der Waals surface area (Å²) >= 11 is 1.39. The molecule has 2 heterocycles. The molecular weight excluding hydrogens is 315 g/mol. The maximum absolute atomic E-state index is 14.1. The van der Waals surface area contributed by atoms with Crippen molar-refractivity contribution in [2.24, 2.45) is 0 Å². The number of esters is 1. The summed E-state index contributed by atoms with van der Waals surface area (Å²) in [5.74, 6) is -0.833. The molecule has 0 aliphatic rings. The minimum atomic E-state index is -0.465. The second-order valence-corrected chi connectivity index (χ2v) is 5.76. The van der Waals surface area contributed by atoms with E-state index in [2.05, 4.69) is 4.98 Å². The number of carbonyl (C=O) groups excluding carboxylic acids is 1. The van der Waals surface area contributed by atoms with Crippen LogP contribution in [0, 0.1) is 5.82 Å². The first-order chi connectivity index (χ1) is 11.2. The molecule has 0 spiro atoms. The lowest BCUT2D eigenvalue weighted by atomic mass is 10.3. The van der Waals surface area contributed by atoms with Gasteiger partial charge in [-0.15, -0.1) is 0 Å². The fourth-order valence-electron chi connectivity index (χ4n) is 2.11. The molecule has 0 saturated carbocycles. The molecule has 0 aliphatic carbocycles. The molecule has 4 nitrogen and oxygen atoms in total. The Labute approximate surface area is 136 Å². The number of aromatic nitrogens is 2. The summed E-state index contributed by atoms with van der Waals surface area (Å²) in [7, 11) is 1.32. The normalized spacial score (nSPS) is 10.5. The van der Waals surface area contributed by atoms with Crippen molar-refractivity contribution in [1.82, 2.24) is 9.55 Å². The minimum Gasteiger partial charge on any atom is -0.465 e. The third-order valence-corrected chi connectivity index (χ3v) is 4.18. The van der Waals surface area contributed by atoms with E-state index in [0.29, 0.717) is 16.3 Å². The van der Waals surface area contributed by atoms with Crippen LogP contribution in [0.2, 0.25) is 0 Å². The summed E-state index contributed by atoms with van der Waals surface area (Å²) in [6.07, 6.45) is 4.96. The van der Waals surface area contributed by atoms with E-state index in [-0.39, 0.29) is 5.82 Å². The molecule has 0 bridgehead atoms. The number of methoxy groups -OCH3 is 1. The molecule has 3 aromatic rings. The standard InChI is InChI=1S/C17H13FN2O2S/c1-22-17(21)12-9-16(23-13-5-4-8-19-10-13)20(11-12)15-7-3-2-6-14(15)18/h2-11H,1H3. The highest BCUT2D eigenvalue weighted by molar-refractivity contribution is 7.99. The lowest BCUT2D eigenvalue weighted by Gasteiger charge is -2.09. The van der Waals surface area contributed by atoms with Crippen molar-refractivity contribution in [3.8, 4) is 5.69 Å². The van der Waals surface area contributed by atoms with E-state index in [1.807, 2.05) is 12.1 Å². The van der Waals surface area contributed by atoms with Crippen molar-refractivity contribution >= 4 is 17.7 Å². The number of nitrogens with zero attached hydrogens (tertiary/aromatic N) is 2. The highest BCUT2D eigenvalue weighted by Gasteiger charge is 2.16. The number of carbonyl (C=O) groups is 1. The zero-order valence-electron chi connectivity index (χ0n) is 12.3. The van der Waals surface area contributed by atoms with Gasteiger partial charge < -0.3 is 9.30 Å². The van der Waals surface area contributed by atoms with Crippen molar-refractivity contribution in [2.45, 2.75) is 9.92 Å². The fraction of sp³-hybridized carbons (Fsp3) is 0.0588. The summed E-state index contributed by atoms with van der Waals surface area (Å²) in [5, 5.41) is 0.698. The second-order valence-electron chi connectivity index (χ2n) is 4.67. The van der Waals surface area contributed by atoms with Crippen molar-refractivity contribution in [1.29, 1.82) is 0 Å². The predicted octanol–water partition coefficient (Wildman–Crippen LogP) is 3.95. The number of hydrogen-bond acceptors (Lipinski definition) is 4. The Balaban J connectivity index is 2.08. The number of pyridine rings is 1. The van der Waals surface area contributed by atoms with Gasteiger partial charge in [0.05, 0.1) is 23.4 Å². The summed E-state index contributed by atoms with van der Waals surface area (Å²) in [5.41, 5.74) is 0.733. The molecule has 3 rings (SSSR count). The molecule has 0 fully saturated rings. The van der Waals surface area contributed by atoms with Crippen LogP contribution in [0.5, 0.6) is 0 Å². The Morgan fingerprint density at radius 1 is 1.26 bits per heavy atom. The van der Waals surface area contributed by atoms with Gasteiger partial charge >= 0.3 is 5.97 Å². The molecular formula is C17H13FN2O2S. The Kier molecular flexibility index (Phi) is 4.43. The van der Waals surface area contributed by atoms with Gasteiger partial charge in [-0.05, 0) is 30.3 Å². The van der Waals surface area contributed by atoms with E-state index in [9.17, 15) is 9.18 Å². The predicted molar refractivity (Wildman–Crippen MR) is 85.4 cm³/mol. The molecule has 0 saturated heterocycles. The maximum atomic E-state index is 14.1. The van der Waals surface area contributed by atoms with Crippen LogP contribution in [0.3, 0.4) is 0 Å². The van der Waals surface area contributed by atoms with Crippen molar-refractivity contribution in [3.05, 3.63) is 72.4 Å². The number of ether oxygens (including phenoxy) is 1. The lowest BCUT2D eigenvalue weighted by Crippen LogP contribution is -2.00. The number of halogens is 1. The number of benzene rings is 1. The van der Waals surface area contributed by atoms with E-state index in [0.717, 1.165) is 4.90 Å². The summed E-state index contributed by atoms with van der Waals surface area (Å²) in [6, 6.07) is 11.8. The topological polar surface area (TPSA) is 44.1 Å². The monoisotopic (exact) mass is 328 g/mol. The molecule has 0 atom stereocenters. The number of para-hydroxylation sites is 1. The lowest BCUT2D eigenvalue weighted by molar-refractivity contribution is 0.0600. The van der Waals surface area contributed by atoms with E-state index in [1.165, 1.54) is 24.9 Å². The minimum absolute atomic E-state index is 0.363. The molecule has 116 valence electrons. The highest BCUT2D eigenvalue weighted by atomic mass is 32.2. The van der Waals surface area contributed by atoms with Crippen LogP contribution in [0.25, 0.3) is 5.69 Å². The zero-order chi connectivity index (χ0) is 16.2. The van der Waals surface area contributed by atoms with Gasteiger partial charge in [0, 0.05) is 23.5 Å². The van der Waals surface area contributed by atoms with Gasteiger partial charge in [0.1, 0.15) is 5.82 Å². The van der Waals surface area contributed by atoms with Crippen molar-refractivity contribution in [3.63, 3.8) is 0 Å². The highest BCUT2D eigenvalue weighted by Crippen LogP contribution is 2.32. The molecule has 6 heteroatoms. The van der Waals surface area contributed by atoms with Crippen LogP contribution in [0.4, 0.5) is 4.39 Å². The van der Waals surface area contributed by atoms with Crippen LogP contribution in [0.1, 0.15) is 10.4 Å². The SMILES string of the molecule is COC(=O)c1cc(Sc2cccnc2)n(-c2ccccc2F)c1. The van der Waals surface area contributed by atoms with Crippen LogP contribution >= 0.6 is 11.8 Å². The van der Waals surface area contributed by atoms with Gasteiger partial charge in [-0.2, -0.15) is 0 Å². The van der Waals surface area contributed by atoms with Crippen molar-refractivity contribution in [2.75, 3.05) is 7.11 Å². The third kappa shape index (κ3) is 3.27. The largest absolute Gasteiger partial charge is 0.465 e. The molecule has 23 heavy (non-hydrogen) atoms. The molecule has 1 aromatic carbocycles. The number of hydrogen-bond donors (Lipinski definition) is 0. The van der Waals surface area contributed by atoms with Gasteiger partial charge in [-0.1, -0.05) is 23.9 Å². The summed E-state index contributed by atoms with van der Waals surface area (Å²) < 4.78 is 20.5. The summed E-state index contributed by atoms with van der Waals surface area (Å²) in [4.78, 5) is 16.7. The Morgan fingerprint density at radius 2 is 2.09 bits per heavy atom. The van der Waals surface area contributed by atoms with Crippen molar-refractivity contribution < 1.29 is 13.9 Å². The van der Waals surface area contributed by atoms with Gasteiger partial charge in [0.25, 0.3) is 0 Å². The molecule has 2 aromatic heterocycles. The molecule has 0 amide bonds. The van der Waals surface area contributed by atoms with Crippen LogP contribution in [-0.2, 0) is 4.74 Å². The molecule has 0 radical (unpaired) electrons. The van der Waals surface area contributed by atoms with Gasteiger partial charge in [-0.3, -0.25) is 4.98 Å². The van der Waals surface area contributed by atoms with Crippen LogP contribution < -0.4 is 0 Å². The quantitative estimate of drug-likeness (QED) is 0.680. The Bertz CT molecular complexity index is 834. The number of rotatable bonds is 4.